The number of fused-ring (bicyclic) bond motifs is 5. The highest BCUT2D eigenvalue weighted by molar-refractivity contribution is 5.95. The van der Waals surface area contributed by atoms with Crippen molar-refractivity contribution >= 4 is 5.97 Å². The van der Waals surface area contributed by atoms with Crippen LogP contribution in [0.3, 0.4) is 0 Å². The molecule has 3 heteroatoms. The number of benzene rings is 1. The summed E-state index contributed by atoms with van der Waals surface area (Å²) < 4.78 is 5.29. The molecule has 0 fully saturated rings. The minimum atomic E-state index is -0.325. The molecule has 1 aromatic carbocycles. The van der Waals surface area contributed by atoms with E-state index < -0.39 is 0 Å². The van der Waals surface area contributed by atoms with Crippen LogP contribution in [0.15, 0.2) is 35.4 Å². The van der Waals surface area contributed by atoms with Gasteiger partial charge in [-0.05, 0) is 31.4 Å². The summed E-state index contributed by atoms with van der Waals surface area (Å²) in [6, 6.07) is 10.3. The molecule has 0 unspecified atom stereocenters. The van der Waals surface area contributed by atoms with Gasteiger partial charge in [-0.2, -0.15) is 5.26 Å². The quantitative estimate of drug-likeness (QED) is 0.761. The standard InChI is InChI=1S/C16H15NO2/c1-9(2)19-16(18)15-13-7-12(14(15)8-17)10-5-3-4-6-11(10)13/h3-6,9,12-13H,7H2,1-2H3/t12-,13+/m1/s1. The Labute approximate surface area is 112 Å². The molecule has 0 aromatic heterocycles. The van der Waals surface area contributed by atoms with Crippen molar-refractivity contribution < 1.29 is 9.53 Å². The third kappa shape index (κ3) is 1.67. The summed E-state index contributed by atoms with van der Waals surface area (Å²) in [5.41, 5.74) is 3.57. The van der Waals surface area contributed by atoms with Crippen molar-refractivity contribution in [2.24, 2.45) is 0 Å². The van der Waals surface area contributed by atoms with Gasteiger partial charge in [-0.1, -0.05) is 24.3 Å². The number of carbonyl (C=O) groups is 1. The zero-order chi connectivity index (χ0) is 13.6. The van der Waals surface area contributed by atoms with Crippen LogP contribution in [-0.2, 0) is 9.53 Å². The second kappa shape index (κ2) is 4.24. The molecule has 2 bridgehead atoms. The highest BCUT2D eigenvalue weighted by atomic mass is 16.5. The molecule has 2 aliphatic rings. The van der Waals surface area contributed by atoms with Crippen LogP contribution in [0.4, 0.5) is 0 Å². The first-order chi connectivity index (χ1) is 9.13. The monoisotopic (exact) mass is 253 g/mol. The lowest BCUT2D eigenvalue weighted by Gasteiger charge is -2.19. The summed E-state index contributed by atoms with van der Waals surface area (Å²) in [6.07, 6.45) is 0.680. The van der Waals surface area contributed by atoms with Crippen LogP contribution in [0.25, 0.3) is 0 Å². The lowest BCUT2D eigenvalue weighted by molar-refractivity contribution is -0.142. The average Bonchev–Trinajstić information content (AvgIpc) is 2.93. The maximum atomic E-state index is 12.2. The first-order valence-electron chi connectivity index (χ1n) is 6.57. The zero-order valence-electron chi connectivity index (χ0n) is 11.0. The van der Waals surface area contributed by atoms with Crippen LogP contribution in [0, 0.1) is 11.3 Å². The van der Waals surface area contributed by atoms with E-state index in [9.17, 15) is 10.1 Å². The molecule has 96 valence electrons. The topological polar surface area (TPSA) is 50.1 Å². The molecule has 0 aliphatic heterocycles. The molecule has 2 atom stereocenters. The van der Waals surface area contributed by atoms with E-state index in [1.807, 2.05) is 26.0 Å². The van der Waals surface area contributed by atoms with Crippen molar-refractivity contribution in [1.29, 1.82) is 5.26 Å². The zero-order valence-corrected chi connectivity index (χ0v) is 11.0. The van der Waals surface area contributed by atoms with Crippen molar-refractivity contribution in [2.75, 3.05) is 0 Å². The van der Waals surface area contributed by atoms with Gasteiger partial charge in [0.2, 0.25) is 0 Å². The minimum absolute atomic E-state index is 0.0436. The Balaban J connectivity index is 2.04. The summed E-state index contributed by atoms with van der Waals surface area (Å²) in [4.78, 5) is 12.2. The molecule has 0 saturated carbocycles. The highest BCUT2D eigenvalue weighted by Gasteiger charge is 2.46. The van der Waals surface area contributed by atoms with Gasteiger partial charge in [0, 0.05) is 17.4 Å². The van der Waals surface area contributed by atoms with Gasteiger partial charge < -0.3 is 4.74 Å². The summed E-state index contributed by atoms with van der Waals surface area (Å²) >= 11 is 0. The number of carbonyl (C=O) groups excluding carboxylic acids is 1. The smallest absolute Gasteiger partial charge is 0.335 e. The Morgan fingerprint density at radius 1 is 1.32 bits per heavy atom. The predicted octanol–water partition coefficient (Wildman–Crippen LogP) is 3.04. The van der Waals surface area contributed by atoms with Crippen molar-refractivity contribution in [1.82, 2.24) is 0 Å². The Kier molecular flexibility index (Phi) is 2.67. The Hall–Kier alpha value is -2.08. The molecular weight excluding hydrogens is 238 g/mol. The van der Waals surface area contributed by atoms with E-state index in [1.165, 1.54) is 11.1 Å². The molecule has 2 aliphatic carbocycles. The number of hydrogen-bond donors (Lipinski definition) is 0. The van der Waals surface area contributed by atoms with Crippen LogP contribution in [0.2, 0.25) is 0 Å². The lowest BCUT2D eigenvalue weighted by Crippen LogP contribution is -2.18. The molecule has 0 spiro atoms. The number of ether oxygens (including phenoxy) is 1. The molecule has 1 aromatic rings. The number of nitriles is 1. The Morgan fingerprint density at radius 2 is 1.95 bits per heavy atom. The van der Waals surface area contributed by atoms with E-state index in [2.05, 4.69) is 18.2 Å². The molecule has 0 amide bonds. The van der Waals surface area contributed by atoms with E-state index in [-0.39, 0.29) is 23.9 Å². The molecule has 0 heterocycles. The normalized spacial score (nSPS) is 23.5. The SMILES string of the molecule is CC(C)OC(=O)C1=C(C#N)[C@@H]2C[C@H]1c1ccccc12. The van der Waals surface area contributed by atoms with Crippen LogP contribution in [-0.4, -0.2) is 12.1 Å². The van der Waals surface area contributed by atoms with E-state index in [4.69, 9.17) is 4.74 Å². The van der Waals surface area contributed by atoms with Crippen LogP contribution in [0.1, 0.15) is 43.2 Å². The Bertz CT molecular complexity index is 622. The van der Waals surface area contributed by atoms with Crippen molar-refractivity contribution in [3.63, 3.8) is 0 Å². The lowest BCUT2D eigenvalue weighted by atomic mass is 9.86. The second-order valence-electron chi connectivity index (χ2n) is 5.36. The van der Waals surface area contributed by atoms with Crippen molar-refractivity contribution in [3.05, 3.63) is 46.5 Å². The summed E-state index contributed by atoms with van der Waals surface area (Å²) in [5, 5.41) is 9.35. The van der Waals surface area contributed by atoms with Gasteiger partial charge in [-0.15, -0.1) is 0 Å². The third-order valence-corrected chi connectivity index (χ3v) is 3.89. The van der Waals surface area contributed by atoms with E-state index in [0.717, 1.165) is 6.42 Å². The third-order valence-electron chi connectivity index (χ3n) is 3.89. The van der Waals surface area contributed by atoms with E-state index >= 15 is 0 Å². The summed E-state index contributed by atoms with van der Waals surface area (Å²) in [7, 11) is 0. The van der Waals surface area contributed by atoms with E-state index in [1.54, 1.807) is 0 Å². The second-order valence-corrected chi connectivity index (χ2v) is 5.36. The molecule has 19 heavy (non-hydrogen) atoms. The van der Waals surface area contributed by atoms with Crippen molar-refractivity contribution in [3.8, 4) is 6.07 Å². The first-order valence-corrected chi connectivity index (χ1v) is 6.57. The largest absolute Gasteiger partial charge is 0.460 e. The van der Waals surface area contributed by atoms with Crippen molar-refractivity contribution in [2.45, 2.75) is 38.2 Å². The number of rotatable bonds is 2. The van der Waals surface area contributed by atoms with Gasteiger partial charge in [0.15, 0.2) is 0 Å². The molecule has 3 nitrogen and oxygen atoms in total. The van der Waals surface area contributed by atoms with Gasteiger partial charge >= 0.3 is 5.97 Å². The minimum Gasteiger partial charge on any atom is -0.460 e. The molecule has 3 rings (SSSR count). The summed E-state index contributed by atoms with van der Waals surface area (Å²) in [6.45, 7) is 3.65. The van der Waals surface area contributed by atoms with Crippen LogP contribution in [0.5, 0.6) is 0 Å². The molecule has 0 radical (unpaired) electrons. The summed E-state index contributed by atoms with van der Waals surface area (Å²) in [5.74, 6) is -0.198. The molecular formula is C16H15NO2. The fourth-order valence-corrected chi connectivity index (χ4v) is 3.23. The Morgan fingerprint density at radius 3 is 2.53 bits per heavy atom. The maximum absolute atomic E-state index is 12.2. The molecule has 0 N–H and O–H groups in total. The maximum Gasteiger partial charge on any atom is 0.335 e. The average molecular weight is 253 g/mol. The number of nitrogens with zero attached hydrogens (tertiary/aromatic N) is 1. The fourth-order valence-electron chi connectivity index (χ4n) is 3.23. The van der Waals surface area contributed by atoms with Gasteiger partial charge in [0.25, 0.3) is 0 Å². The van der Waals surface area contributed by atoms with Crippen LogP contribution >= 0.6 is 0 Å². The number of allylic oxidation sites excluding steroid dienone is 1. The fraction of sp³-hybridized carbons (Fsp3) is 0.375. The van der Waals surface area contributed by atoms with Gasteiger partial charge in [0.1, 0.15) is 0 Å². The van der Waals surface area contributed by atoms with Crippen LogP contribution < -0.4 is 0 Å². The number of hydrogen-bond acceptors (Lipinski definition) is 3. The first kappa shape index (κ1) is 12.0. The van der Waals surface area contributed by atoms with Gasteiger partial charge in [-0.25, -0.2) is 4.79 Å². The van der Waals surface area contributed by atoms with Gasteiger partial charge in [-0.3, -0.25) is 0 Å². The number of esters is 1. The molecule has 0 saturated heterocycles. The van der Waals surface area contributed by atoms with E-state index in [0.29, 0.717) is 11.1 Å². The van der Waals surface area contributed by atoms with Gasteiger partial charge in [0.05, 0.1) is 17.7 Å². The highest BCUT2D eigenvalue weighted by Crippen LogP contribution is 2.56. The predicted molar refractivity (Wildman–Crippen MR) is 70.4 cm³/mol.